The number of nitrogens with two attached hydrogens (primary N) is 1. The van der Waals surface area contributed by atoms with E-state index in [4.69, 9.17) is 17.3 Å². The normalized spacial score (nSPS) is 15.2. The maximum absolute atomic E-state index is 6.00. The van der Waals surface area contributed by atoms with Gasteiger partial charge in [0.1, 0.15) is 0 Å². The Hall–Kier alpha value is -1.03. The molecule has 1 aliphatic rings. The van der Waals surface area contributed by atoms with Gasteiger partial charge in [0, 0.05) is 13.1 Å². The second kappa shape index (κ2) is 4.45. The molecule has 1 saturated carbocycles. The minimum atomic E-state index is 0.274. The van der Waals surface area contributed by atoms with Crippen LogP contribution in [0.4, 0.5) is 11.5 Å². The van der Waals surface area contributed by atoms with Crippen LogP contribution in [0.5, 0.6) is 0 Å². The quantitative estimate of drug-likeness (QED) is 0.821. The predicted octanol–water partition coefficient (Wildman–Crippen LogP) is 2.26. The van der Waals surface area contributed by atoms with Gasteiger partial charge in [0.15, 0.2) is 5.82 Å². The first-order valence-electron chi connectivity index (χ1n) is 5.66. The molecule has 1 aromatic heterocycles. The van der Waals surface area contributed by atoms with Gasteiger partial charge in [-0.2, -0.15) is 4.98 Å². The van der Waals surface area contributed by atoms with Crippen molar-refractivity contribution in [3.05, 3.63) is 11.0 Å². The SMILES string of the molecule is CCN(CC1CC1)c1nc(Cl)nc(C)c1N. The van der Waals surface area contributed by atoms with Crippen molar-refractivity contribution in [3.8, 4) is 0 Å². The number of aromatic nitrogens is 2. The number of nitrogen functional groups attached to an aromatic ring is 1. The van der Waals surface area contributed by atoms with Crippen LogP contribution in [-0.2, 0) is 0 Å². The molecule has 16 heavy (non-hydrogen) atoms. The van der Waals surface area contributed by atoms with Crippen molar-refractivity contribution in [2.45, 2.75) is 26.7 Å². The van der Waals surface area contributed by atoms with Gasteiger partial charge in [0.25, 0.3) is 0 Å². The van der Waals surface area contributed by atoms with Crippen molar-refractivity contribution in [2.24, 2.45) is 5.92 Å². The van der Waals surface area contributed by atoms with Crippen LogP contribution in [0, 0.1) is 12.8 Å². The summed E-state index contributed by atoms with van der Waals surface area (Å²) in [7, 11) is 0. The molecule has 0 spiro atoms. The van der Waals surface area contributed by atoms with Crippen molar-refractivity contribution in [1.29, 1.82) is 0 Å². The molecule has 1 fully saturated rings. The summed E-state index contributed by atoms with van der Waals surface area (Å²) in [5.74, 6) is 1.58. The van der Waals surface area contributed by atoms with E-state index < -0.39 is 0 Å². The van der Waals surface area contributed by atoms with Crippen molar-refractivity contribution in [2.75, 3.05) is 23.7 Å². The van der Waals surface area contributed by atoms with E-state index in [1.807, 2.05) is 6.92 Å². The average molecular weight is 241 g/mol. The maximum atomic E-state index is 6.00. The molecule has 0 aromatic carbocycles. The third-order valence-electron chi connectivity index (χ3n) is 2.95. The Bertz CT molecular complexity index is 390. The molecule has 1 heterocycles. The van der Waals surface area contributed by atoms with E-state index in [0.29, 0.717) is 5.69 Å². The Kier molecular flexibility index (Phi) is 3.19. The molecule has 0 aliphatic heterocycles. The molecule has 0 bridgehead atoms. The van der Waals surface area contributed by atoms with E-state index in [2.05, 4.69) is 21.8 Å². The van der Waals surface area contributed by atoms with Crippen LogP contribution >= 0.6 is 11.6 Å². The maximum Gasteiger partial charge on any atom is 0.224 e. The zero-order valence-corrected chi connectivity index (χ0v) is 10.5. The first-order chi connectivity index (χ1) is 7.61. The van der Waals surface area contributed by atoms with Crippen LogP contribution in [0.15, 0.2) is 0 Å². The number of hydrogen-bond donors (Lipinski definition) is 1. The number of anilines is 2. The Morgan fingerprint density at radius 1 is 1.44 bits per heavy atom. The van der Waals surface area contributed by atoms with E-state index in [0.717, 1.165) is 30.5 Å². The van der Waals surface area contributed by atoms with Crippen LogP contribution in [0.2, 0.25) is 5.28 Å². The van der Waals surface area contributed by atoms with Gasteiger partial charge in [-0.05, 0) is 44.2 Å². The zero-order valence-electron chi connectivity index (χ0n) is 9.70. The van der Waals surface area contributed by atoms with Gasteiger partial charge in [0.05, 0.1) is 11.4 Å². The first kappa shape index (κ1) is 11.5. The molecule has 0 atom stereocenters. The smallest absolute Gasteiger partial charge is 0.224 e. The average Bonchev–Trinajstić information content (AvgIpc) is 3.04. The molecule has 0 amide bonds. The van der Waals surface area contributed by atoms with Gasteiger partial charge in [-0.25, -0.2) is 4.98 Å². The van der Waals surface area contributed by atoms with Gasteiger partial charge in [0.2, 0.25) is 5.28 Å². The molecule has 88 valence electrons. The van der Waals surface area contributed by atoms with Gasteiger partial charge in [-0.15, -0.1) is 0 Å². The van der Waals surface area contributed by atoms with Crippen molar-refractivity contribution < 1.29 is 0 Å². The molecule has 2 rings (SSSR count). The van der Waals surface area contributed by atoms with Crippen LogP contribution in [0.1, 0.15) is 25.5 Å². The molecule has 5 heteroatoms. The molecular formula is C11H17ClN4. The number of rotatable bonds is 4. The Labute approximate surface area is 101 Å². The molecule has 1 aliphatic carbocycles. The van der Waals surface area contributed by atoms with E-state index in [9.17, 15) is 0 Å². The molecule has 2 N–H and O–H groups in total. The van der Waals surface area contributed by atoms with Crippen LogP contribution in [0.25, 0.3) is 0 Å². The van der Waals surface area contributed by atoms with E-state index >= 15 is 0 Å². The topological polar surface area (TPSA) is 55.0 Å². The highest BCUT2D eigenvalue weighted by molar-refractivity contribution is 6.28. The lowest BCUT2D eigenvalue weighted by Crippen LogP contribution is -2.27. The molecule has 0 radical (unpaired) electrons. The third kappa shape index (κ3) is 2.38. The molecular weight excluding hydrogens is 224 g/mol. The van der Waals surface area contributed by atoms with Gasteiger partial charge >= 0.3 is 0 Å². The standard InChI is InChI=1S/C11H17ClN4/c1-3-16(6-8-4-5-8)10-9(13)7(2)14-11(12)15-10/h8H,3-6,13H2,1-2H3. The highest BCUT2D eigenvalue weighted by Gasteiger charge is 2.25. The van der Waals surface area contributed by atoms with E-state index in [1.165, 1.54) is 12.8 Å². The van der Waals surface area contributed by atoms with Crippen molar-refractivity contribution in [1.82, 2.24) is 9.97 Å². The number of halogens is 1. The number of hydrogen-bond acceptors (Lipinski definition) is 4. The number of aryl methyl sites for hydroxylation is 1. The minimum Gasteiger partial charge on any atom is -0.394 e. The molecule has 0 unspecified atom stereocenters. The highest BCUT2D eigenvalue weighted by Crippen LogP contribution is 2.33. The van der Waals surface area contributed by atoms with Crippen LogP contribution in [0.3, 0.4) is 0 Å². The van der Waals surface area contributed by atoms with Crippen molar-refractivity contribution >= 4 is 23.1 Å². The summed E-state index contributed by atoms with van der Waals surface area (Å²) < 4.78 is 0. The highest BCUT2D eigenvalue weighted by atomic mass is 35.5. The Balaban J connectivity index is 2.28. The summed E-state index contributed by atoms with van der Waals surface area (Å²) in [5, 5.41) is 0.274. The lowest BCUT2D eigenvalue weighted by atomic mass is 10.3. The molecule has 0 saturated heterocycles. The number of nitrogens with zero attached hydrogens (tertiary/aromatic N) is 3. The van der Waals surface area contributed by atoms with Crippen molar-refractivity contribution in [3.63, 3.8) is 0 Å². The predicted molar refractivity (Wildman–Crippen MR) is 66.8 cm³/mol. The van der Waals surface area contributed by atoms with E-state index in [-0.39, 0.29) is 5.28 Å². The van der Waals surface area contributed by atoms with Gasteiger partial charge < -0.3 is 10.6 Å². The minimum absolute atomic E-state index is 0.274. The van der Waals surface area contributed by atoms with Gasteiger partial charge in [-0.3, -0.25) is 0 Å². The summed E-state index contributed by atoms with van der Waals surface area (Å²) in [6.45, 7) is 5.88. The largest absolute Gasteiger partial charge is 0.394 e. The monoisotopic (exact) mass is 240 g/mol. The second-order valence-corrected chi connectivity index (χ2v) is 4.64. The lowest BCUT2D eigenvalue weighted by Gasteiger charge is -2.23. The summed E-state index contributed by atoms with van der Waals surface area (Å²) in [5.41, 5.74) is 7.40. The van der Waals surface area contributed by atoms with E-state index in [1.54, 1.807) is 0 Å². The summed E-state index contributed by atoms with van der Waals surface area (Å²) in [6, 6.07) is 0. The van der Waals surface area contributed by atoms with Gasteiger partial charge in [-0.1, -0.05) is 0 Å². The Morgan fingerprint density at radius 3 is 2.69 bits per heavy atom. The van der Waals surface area contributed by atoms with Crippen LogP contribution < -0.4 is 10.6 Å². The summed E-state index contributed by atoms with van der Waals surface area (Å²) in [6.07, 6.45) is 2.63. The second-order valence-electron chi connectivity index (χ2n) is 4.30. The fourth-order valence-electron chi connectivity index (χ4n) is 1.75. The first-order valence-corrected chi connectivity index (χ1v) is 6.04. The fourth-order valence-corrected chi connectivity index (χ4v) is 1.96. The fraction of sp³-hybridized carbons (Fsp3) is 0.636. The lowest BCUT2D eigenvalue weighted by molar-refractivity contribution is 0.731. The Morgan fingerprint density at radius 2 is 2.12 bits per heavy atom. The molecule has 4 nitrogen and oxygen atoms in total. The summed E-state index contributed by atoms with van der Waals surface area (Å²) in [4.78, 5) is 10.5. The summed E-state index contributed by atoms with van der Waals surface area (Å²) >= 11 is 5.87. The zero-order chi connectivity index (χ0) is 11.7. The van der Waals surface area contributed by atoms with Crippen LogP contribution in [-0.4, -0.2) is 23.1 Å². The third-order valence-corrected chi connectivity index (χ3v) is 3.11. The molecule has 1 aromatic rings.